The molecule has 0 aliphatic heterocycles. The third-order valence-corrected chi connectivity index (χ3v) is 4.10. The average molecular weight is 332 g/mol. The molecule has 1 fully saturated rings. The van der Waals surface area contributed by atoms with Crippen LogP contribution in [0.2, 0.25) is 0 Å². The Morgan fingerprint density at radius 3 is 2.74 bits per heavy atom. The number of rotatable bonds is 5. The van der Waals surface area contributed by atoms with Gasteiger partial charge in [-0.1, -0.05) is 6.42 Å². The van der Waals surface area contributed by atoms with Gasteiger partial charge in [0.05, 0.1) is 17.4 Å². The summed E-state index contributed by atoms with van der Waals surface area (Å²) in [6.07, 6.45) is -2.84. The van der Waals surface area contributed by atoms with Gasteiger partial charge in [0.15, 0.2) is 0 Å². The minimum Gasteiger partial charge on any atom is -0.382 e. The fourth-order valence-corrected chi connectivity index (χ4v) is 2.95. The summed E-state index contributed by atoms with van der Waals surface area (Å²) in [6, 6.07) is 3.96. The third-order valence-electron chi connectivity index (χ3n) is 4.10. The number of nitrogens with one attached hydrogen (secondary N) is 1. The lowest BCUT2D eigenvalue weighted by atomic mass is 9.85. The quantitative estimate of drug-likeness (QED) is 0.646. The van der Waals surface area contributed by atoms with E-state index in [0.717, 1.165) is 0 Å². The van der Waals surface area contributed by atoms with Gasteiger partial charge < -0.3 is 10.1 Å². The second-order valence-corrected chi connectivity index (χ2v) is 5.78. The second-order valence-electron chi connectivity index (χ2n) is 5.78. The highest BCUT2D eigenvalue weighted by molar-refractivity contribution is 5.56. The highest BCUT2D eigenvalue weighted by Crippen LogP contribution is 2.38. The molecule has 0 bridgehead atoms. The smallest absolute Gasteiger partial charge is 0.382 e. The molecule has 1 aromatic carbocycles. The first kappa shape index (κ1) is 17.5. The largest absolute Gasteiger partial charge is 0.391 e. The van der Waals surface area contributed by atoms with Gasteiger partial charge >= 0.3 is 6.18 Å². The van der Waals surface area contributed by atoms with Gasteiger partial charge in [-0.15, -0.1) is 0 Å². The Labute approximate surface area is 132 Å². The summed E-state index contributed by atoms with van der Waals surface area (Å²) in [5.74, 6) is -1.29. The molecule has 0 saturated heterocycles. The van der Waals surface area contributed by atoms with Gasteiger partial charge in [0.1, 0.15) is 0 Å². The van der Waals surface area contributed by atoms with Crippen molar-refractivity contribution in [2.24, 2.45) is 5.92 Å². The first-order valence-electron chi connectivity index (χ1n) is 7.40. The lowest BCUT2D eigenvalue weighted by Crippen LogP contribution is -2.34. The first-order chi connectivity index (χ1) is 10.8. The molecule has 0 heterocycles. The van der Waals surface area contributed by atoms with Crippen LogP contribution in [0.3, 0.4) is 0 Å². The second kappa shape index (κ2) is 7.16. The number of nitrogens with zero attached hydrogens (tertiary/aromatic N) is 1. The number of hydrogen-bond acceptors (Lipinski definition) is 4. The zero-order valence-corrected chi connectivity index (χ0v) is 12.7. The van der Waals surface area contributed by atoms with Crippen LogP contribution in [0.25, 0.3) is 0 Å². The van der Waals surface area contributed by atoms with Crippen LogP contribution < -0.4 is 5.32 Å². The van der Waals surface area contributed by atoms with Gasteiger partial charge in [-0.05, 0) is 25.3 Å². The SMILES string of the molecule is COCc1cc([N+](=O)[O-])ccc1NC1CCCC(C(F)(F)F)C1. The van der Waals surface area contributed by atoms with E-state index in [1.54, 1.807) is 0 Å². The molecule has 0 spiro atoms. The highest BCUT2D eigenvalue weighted by Gasteiger charge is 2.42. The molecule has 5 nitrogen and oxygen atoms in total. The van der Waals surface area contributed by atoms with Crippen LogP contribution in [-0.4, -0.2) is 24.3 Å². The van der Waals surface area contributed by atoms with Crippen LogP contribution in [0.5, 0.6) is 0 Å². The van der Waals surface area contributed by atoms with Gasteiger partial charge in [0.2, 0.25) is 0 Å². The van der Waals surface area contributed by atoms with E-state index in [-0.39, 0.29) is 31.2 Å². The first-order valence-corrected chi connectivity index (χ1v) is 7.40. The fraction of sp³-hybridized carbons (Fsp3) is 0.600. The standard InChI is InChI=1S/C15H19F3N2O3/c1-23-9-10-7-13(20(21)22)5-6-14(10)19-12-4-2-3-11(8-12)15(16,17)18/h5-7,11-12,19H,2-4,8-9H2,1H3. The predicted molar refractivity (Wildman–Crippen MR) is 79.2 cm³/mol. The number of hydrogen-bond donors (Lipinski definition) is 1. The third kappa shape index (κ3) is 4.57. The Bertz CT molecular complexity index is 563. The van der Waals surface area contributed by atoms with E-state index in [1.165, 1.54) is 25.3 Å². The molecule has 2 unspecified atom stereocenters. The predicted octanol–water partition coefficient (Wildman–Crippen LogP) is 4.27. The normalized spacial score (nSPS) is 21.9. The van der Waals surface area contributed by atoms with Crippen molar-refractivity contribution in [1.29, 1.82) is 0 Å². The molecule has 1 aromatic rings. The number of alkyl halides is 3. The minimum absolute atomic E-state index is 0.0207. The summed E-state index contributed by atoms with van der Waals surface area (Å²) in [7, 11) is 1.46. The van der Waals surface area contributed by atoms with Crippen LogP contribution in [0, 0.1) is 16.0 Å². The number of halogens is 3. The Balaban J connectivity index is 2.14. The highest BCUT2D eigenvalue weighted by atomic mass is 19.4. The van der Waals surface area contributed by atoms with E-state index in [1.807, 2.05) is 0 Å². The molecular weight excluding hydrogens is 313 g/mol. The van der Waals surface area contributed by atoms with Crippen LogP contribution in [0.4, 0.5) is 24.5 Å². The van der Waals surface area contributed by atoms with Crippen molar-refractivity contribution in [3.05, 3.63) is 33.9 Å². The number of non-ortho nitro benzene ring substituents is 1. The van der Waals surface area contributed by atoms with Gasteiger partial charge in [-0.25, -0.2) is 0 Å². The lowest BCUT2D eigenvalue weighted by Gasteiger charge is -2.32. The molecular formula is C15H19F3N2O3. The molecule has 2 atom stereocenters. The Morgan fingerprint density at radius 1 is 1.39 bits per heavy atom. The molecule has 1 aliphatic carbocycles. The fourth-order valence-electron chi connectivity index (χ4n) is 2.95. The molecule has 0 radical (unpaired) electrons. The number of anilines is 1. The van der Waals surface area contributed by atoms with E-state index >= 15 is 0 Å². The van der Waals surface area contributed by atoms with Gasteiger partial charge in [0.25, 0.3) is 5.69 Å². The maximum Gasteiger partial charge on any atom is 0.391 e. The van der Waals surface area contributed by atoms with Crippen molar-refractivity contribution >= 4 is 11.4 Å². The van der Waals surface area contributed by atoms with E-state index < -0.39 is 17.0 Å². The van der Waals surface area contributed by atoms with Gasteiger partial charge in [0, 0.05) is 36.5 Å². The number of methoxy groups -OCH3 is 1. The molecule has 1 N–H and O–H groups in total. The molecule has 0 aromatic heterocycles. The van der Waals surface area contributed by atoms with Crippen LogP contribution in [0.15, 0.2) is 18.2 Å². The molecule has 8 heteroatoms. The van der Waals surface area contributed by atoms with E-state index in [9.17, 15) is 23.3 Å². The van der Waals surface area contributed by atoms with E-state index in [4.69, 9.17) is 4.74 Å². The Morgan fingerprint density at radius 2 is 2.13 bits per heavy atom. The zero-order chi connectivity index (χ0) is 17.0. The van der Waals surface area contributed by atoms with Crippen molar-refractivity contribution < 1.29 is 22.8 Å². The van der Waals surface area contributed by atoms with Gasteiger partial charge in [-0.2, -0.15) is 13.2 Å². The Hall–Kier alpha value is -1.83. The van der Waals surface area contributed by atoms with Crippen molar-refractivity contribution in [3.8, 4) is 0 Å². The van der Waals surface area contributed by atoms with E-state index in [2.05, 4.69) is 5.32 Å². The summed E-state index contributed by atoms with van der Waals surface area (Å²) in [6.45, 7) is 0.152. The summed E-state index contributed by atoms with van der Waals surface area (Å²) in [5.41, 5.74) is 1.08. The number of nitro benzene ring substituents is 1. The van der Waals surface area contributed by atoms with Crippen molar-refractivity contribution in [3.63, 3.8) is 0 Å². The van der Waals surface area contributed by atoms with Crippen LogP contribution in [0.1, 0.15) is 31.2 Å². The van der Waals surface area contributed by atoms with Crippen LogP contribution >= 0.6 is 0 Å². The maximum absolute atomic E-state index is 12.9. The maximum atomic E-state index is 12.9. The number of nitro groups is 1. The number of benzene rings is 1. The van der Waals surface area contributed by atoms with Crippen molar-refractivity contribution in [2.45, 2.75) is 44.5 Å². The topological polar surface area (TPSA) is 64.4 Å². The molecule has 23 heavy (non-hydrogen) atoms. The number of ether oxygens (including phenoxy) is 1. The summed E-state index contributed by atoms with van der Waals surface area (Å²) in [4.78, 5) is 10.3. The monoisotopic (exact) mass is 332 g/mol. The molecule has 1 saturated carbocycles. The zero-order valence-electron chi connectivity index (χ0n) is 12.7. The molecule has 0 amide bonds. The minimum atomic E-state index is -4.18. The average Bonchev–Trinajstić information content (AvgIpc) is 2.48. The van der Waals surface area contributed by atoms with Crippen LogP contribution in [-0.2, 0) is 11.3 Å². The Kier molecular flexibility index (Phi) is 5.46. The molecule has 1 aliphatic rings. The summed E-state index contributed by atoms with van der Waals surface area (Å²) < 4.78 is 43.6. The molecule has 128 valence electrons. The van der Waals surface area contributed by atoms with Crippen molar-refractivity contribution in [1.82, 2.24) is 0 Å². The summed E-state index contributed by atoms with van der Waals surface area (Å²) in [5, 5.41) is 13.9. The van der Waals surface area contributed by atoms with Gasteiger partial charge in [-0.3, -0.25) is 10.1 Å². The van der Waals surface area contributed by atoms with E-state index in [0.29, 0.717) is 24.1 Å². The van der Waals surface area contributed by atoms with Crippen molar-refractivity contribution in [2.75, 3.05) is 12.4 Å². The molecule has 2 rings (SSSR count). The lowest BCUT2D eigenvalue weighted by molar-refractivity contribution is -0.384. The summed E-state index contributed by atoms with van der Waals surface area (Å²) >= 11 is 0.